The van der Waals surface area contributed by atoms with Crippen LogP contribution in [0.3, 0.4) is 0 Å². The number of nitrogens with zero attached hydrogens (tertiary/aromatic N) is 3. The number of hydrogen-bond acceptors (Lipinski definition) is 5. The molecule has 0 radical (unpaired) electrons. The predicted octanol–water partition coefficient (Wildman–Crippen LogP) is 3.25. The van der Waals surface area contributed by atoms with E-state index in [0.29, 0.717) is 5.96 Å². The molecule has 130 valence electrons. The molecule has 4 rings (SSSR count). The Morgan fingerprint density at radius 3 is 2.38 bits per heavy atom. The minimum atomic E-state index is -0.172. The molecule has 0 aliphatic carbocycles. The largest absolute Gasteiger partial charge is 0.369 e. The van der Waals surface area contributed by atoms with Crippen LogP contribution in [-0.4, -0.2) is 18.1 Å². The van der Waals surface area contributed by atoms with Crippen molar-refractivity contribution in [2.75, 3.05) is 4.90 Å². The van der Waals surface area contributed by atoms with Gasteiger partial charge in [-0.3, -0.25) is 4.90 Å². The predicted molar refractivity (Wildman–Crippen MR) is 108 cm³/mol. The molecule has 1 aliphatic heterocycles. The highest BCUT2D eigenvalue weighted by molar-refractivity contribution is 6.05. The van der Waals surface area contributed by atoms with Gasteiger partial charge in [0.15, 0.2) is 0 Å². The van der Waals surface area contributed by atoms with Crippen molar-refractivity contribution in [3.63, 3.8) is 0 Å². The van der Waals surface area contributed by atoms with Crippen LogP contribution < -0.4 is 16.4 Å². The van der Waals surface area contributed by atoms with E-state index in [2.05, 4.69) is 52.4 Å². The fourth-order valence-corrected chi connectivity index (χ4v) is 3.33. The second-order valence-electron chi connectivity index (χ2n) is 6.36. The van der Waals surface area contributed by atoms with Crippen molar-refractivity contribution in [1.82, 2.24) is 0 Å². The third-order valence-corrected chi connectivity index (χ3v) is 4.60. The third-order valence-electron chi connectivity index (χ3n) is 4.60. The van der Waals surface area contributed by atoms with E-state index in [9.17, 15) is 0 Å². The molecule has 0 aromatic heterocycles. The van der Waals surface area contributed by atoms with Gasteiger partial charge in [0.1, 0.15) is 6.17 Å². The van der Waals surface area contributed by atoms with Crippen LogP contribution in [-0.2, 0) is 6.42 Å². The Hall–Kier alpha value is -3.34. The van der Waals surface area contributed by atoms with Gasteiger partial charge in [0, 0.05) is 5.69 Å². The van der Waals surface area contributed by atoms with E-state index in [1.165, 1.54) is 10.9 Å². The summed E-state index contributed by atoms with van der Waals surface area (Å²) >= 11 is 0. The molecule has 0 fully saturated rings. The Labute approximate surface area is 152 Å². The van der Waals surface area contributed by atoms with Gasteiger partial charge in [-0.1, -0.05) is 60.7 Å². The molecule has 3 aromatic rings. The summed E-state index contributed by atoms with van der Waals surface area (Å²) in [6, 6.07) is 24.9. The molecule has 3 aromatic carbocycles. The number of guanidine groups is 2. The zero-order valence-corrected chi connectivity index (χ0v) is 14.4. The fourth-order valence-electron chi connectivity index (χ4n) is 3.33. The van der Waals surface area contributed by atoms with Gasteiger partial charge in [-0.2, -0.15) is 4.99 Å². The van der Waals surface area contributed by atoms with Crippen LogP contribution in [0.4, 0.5) is 5.69 Å². The van der Waals surface area contributed by atoms with Crippen molar-refractivity contribution >= 4 is 28.4 Å². The number of hydrogen-bond donors (Lipinski definition) is 2. The van der Waals surface area contributed by atoms with Gasteiger partial charge in [-0.05, 0) is 41.3 Å². The number of benzene rings is 3. The highest BCUT2D eigenvalue weighted by atomic mass is 15.4. The number of aliphatic imine (C=N–C) groups is 2. The first-order valence-corrected chi connectivity index (χ1v) is 8.70. The number of anilines is 1. The van der Waals surface area contributed by atoms with Gasteiger partial charge >= 0.3 is 0 Å². The highest BCUT2D eigenvalue weighted by Crippen LogP contribution is 2.26. The number of fused-ring (bicyclic) bond motifs is 1. The van der Waals surface area contributed by atoms with E-state index in [-0.39, 0.29) is 12.1 Å². The quantitative estimate of drug-likeness (QED) is 0.763. The highest BCUT2D eigenvalue weighted by Gasteiger charge is 2.25. The van der Waals surface area contributed by atoms with E-state index < -0.39 is 0 Å². The van der Waals surface area contributed by atoms with Gasteiger partial charge in [-0.15, -0.1) is 0 Å². The van der Waals surface area contributed by atoms with Crippen LogP contribution in [0.1, 0.15) is 12.0 Å². The molecular weight excluding hydrogens is 322 g/mol. The molecule has 5 heteroatoms. The first-order valence-electron chi connectivity index (χ1n) is 8.70. The van der Waals surface area contributed by atoms with E-state index in [0.717, 1.165) is 23.9 Å². The Kier molecular flexibility index (Phi) is 4.27. The lowest BCUT2D eigenvalue weighted by Gasteiger charge is -2.32. The van der Waals surface area contributed by atoms with Crippen LogP contribution in [0.25, 0.3) is 10.8 Å². The van der Waals surface area contributed by atoms with Crippen LogP contribution in [0, 0.1) is 0 Å². The molecule has 0 saturated carbocycles. The maximum atomic E-state index is 6.22. The summed E-state index contributed by atoms with van der Waals surface area (Å²) in [5.74, 6) is 0.614. The minimum Gasteiger partial charge on any atom is -0.369 e. The first-order chi connectivity index (χ1) is 12.7. The molecule has 0 saturated heterocycles. The van der Waals surface area contributed by atoms with Crippen LogP contribution in [0.15, 0.2) is 82.8 Å². The Morgan fingerprint density at radius 1 is 0.846 bits per heavy atom. The lowest BCUT2D eigenvalue weighted by atomic mass is 10.1. The number of aryl methyl sites for hydroxylation is 1. The van der Waals surface area contributed by atoms with Crippen molar-refractivity contribution in [3.8, 4) is 0 Å². The normalized spacial score (nSPS) is 17.1. The van der Waals surface area contributed by atoms with Crippen molar-refractivity contribution in [3.05, 3.63) is 78.4 Å². The van der Waals surface area contributed by atoms with Crippen molar-refractivity contribution in [1.29, 1.82) is 0 Å². The Morgan fingerprint density at radius 2 is 1.58 bits per heavy atom. The molecule has 26 heavy (non-hydrogen) atoms. The van der Waals surface area contributed by atoms with E-state index in [1.54, 1.807) is 0 Å². The fraction of sp³-hybridized carbons (Fsp3) is 0.143. The van der Waals surface area contributed by atoms with Crippen LogP contribution in [0.5, 0.6) is 0 Å². The van der Waals surface area contributed by atoms with Crippen molar-refractivity contribution < 1.29 is 0 Å². The lowest BCUT2D eigenvalue weighted by molar-refractivity contribution is 0.623. The van der Waals surface area contributed by atoms with Gasteiger partial charge in [0.05, 0.1) is 0 Å². The summed E-state index contributed by atoms with van der Waals surface area (Å²) in [5, 5.41) is 2.34. The molecule has 0 spiro atoms. The first kappa shape index (κ1) is 16.1. The monoisotopic (exact) mass is 343 g/mol. The zero-order chi connectivity index (χ0) is 17.9. The Balaban J connectivity index is 1.65. The smallest absolute Gasteiger partial charge is 0.220 e. The summed E-state index contributed by atoms with van der Waals surface area (Å²) in [7, 11) is 0. The summed E-state index contributed by atoms with van der Waals surface area (Å²) in [6.45, 7) is 0. The van der Waals surface area contributed by atoms with Gasteiger partial charge in [0.2, 0.25) is 11.9 Å². The van der Waals surface area contributed by atoms with Gasteiger partial charge in [-0.25, -0.2) is 4.99 Å². The second kappa shape index (κ2) is 6.88. The summed E-state index contributed by atoms with van der Waals surface area (Å²) in [5.41, 5.74) is 14.3. The van der Waals surface area contributed by atoms with E-state index >= 15 is 0 Å². The SMILES string of the molecule is NC1=NC(CCc2ccccc2)N(c2ccc3ccccc3c2)C(N)=N1. The second-order valence-corrected chi connectivity index (χ2v) is 6.36. The van der Waals surface area contributed by atoms with Crippen molar-refractivity contribution in [2.24, 2.45) is 21.5 Å². The average molecular weight is 343 g/mol. The molecule has 5 nitrogen and oxygen atoms in total. The van der Waals surface area contributed by atoms with Gasteiger partial charge < -0.3 is 11.5 Å². The molecule has 4 N–H and O–H groups in total. The van der Waals surface area contributed by atoms with Crippen molar-refractivity contribution in [2.45, 2.75) is 19.0 Å². The lowest BCUT2D eigenvalue weighted by Crippen LogP contribution is -2.48. The summed E-state index contributed by atoms with van der Waals surface area (Å²) < 4.78 is 0. The summed E-state index contributed by atoms with van der Waals surface area (Å²) in [4.78, 5) is 10.7. The number of rotatable bonds is 4. The van der Waals surface area contributed by atoms with Crippen LogP contribution >= 0.6 is 0 Å². The average Bonchev–Trinajstić information content (AvgIpc) is 2.66. The molecule has 1 unspecified atom stereocenters. The summed E-state index contributed by atoms with van der Waals surface area (Å²) in [6.07, 6.45) is 1.52. The molecule has 1 atom stereocenters. The molecule has 0 bridgehead atoms. The molecule has 1 heterocycles. The molecule has 0 amide bonds. The Bertz CT molecular complexity index is 978. The van der Waals surface area contributed by atoms with E-state index in [4.69, 9.17) is 11.5 Å². The maximum absolute atomic E-state index is 6.22. The molecular formula is C21H21N5. The number of nitrogens with two attached hydrogens (primary N) is 2. The van der Waals surface area contributed by atoms with Gasteiger partial charge in [0.25, 0.3) is 0 Å². The van der Waals surface area contributed by atoms with Crippen LogP contribution in [0.2, 0.25) is 0 Å². The van der Waals surface area contributed by atoms with E-state index in [1.807, 2.05) is 35.2 Å². The third kappa shape index (κ3) is 3.24. The molecule has 1 aliphatic rings. The minimum absolute atomic E-state index is 0.172. The standard InChI is InChI=1S/C21H21N5/c22-20-24-19(13-10-15-6-2-1-3-7-15)26(21(23)25-20)18-12-11-16-8-4-5-9-17(16)14-18/h1-9,11-12,14,19H,10,13H2,(H4,22,23,24,25). The maximum Gasteiger partial charge on any atom is 0.220 e. The zero-order valence-electron chi connectivity index (χ0n) is 14.4. The topological polar surface area (TPSA) is 80.0 Å².